The standard InChI is InChI=1S/C20H24N6O5/c1-13(2)17-12-24(18-11-21-16(10-22-18)19(27)31-3)8-9-25(17)20(28)23-14-4-6-15(7-5-14)26(29)30/h4-7,10-11,13,17H,8-9,12H2,1-3H3,(H,23,28). The number of amides is 2. The molecular formula is C20H24N6O5. The predicted molar refractivity (Wildman–Crippen MR) is 113 cm³/mol. The van der Waals surface area contributed by atoms with Crippen LogP contribution in [0, 0.1) is 16.0 Å². The van der Waals surface area contributed by atoms with E-state index in [1.165, 1.54) is 43.8 Å². The minimum Gasteiger partial charge on any atom is -0.464 e. The Labute approximate surface area is 179 Å². The number of nitro groups is 1. The maximum Gasteiger partial charge on any atom is 0.358 e. The van der Waals surface area contributed by atoms with E-state index in [1.54, 1.807) is 4.90 Å². The molecule has 1 aliphatic heterocycles. The smallest absolute Gasteiger partial charge is 0.358 e. The molecule has 1 atom stereocenters. The number of carbonyl (C=O) groups is 2. The van der Waals surface area contributed by atoms with Crippen molar-refractivity contribution in [1.29, 1.82) is 0 Å². The first-order valence-electron chi connectivity index (χ1n) is 9.77. The van der Waals surface area contributed by atoms with Crippen LogP contribution in [0.2, 0.25) is 0 Å². The van der Waals surface area contributed by atoms with Crippen LogP contribution in [0.1, 0.15) is 24.3 Å². The van der Waals surface area contributed by atoms with Crippen LogP contribution in [0.5, 0.6) is 0 Å². The van der Waals surface area contributed by atoms with Crippen LogP contribution in [0.25, 0.3) is 0 Å². The number of methoxy groups -OCH3 is 1. The molecular weight excluding hydrogens is 404 g/mol. The number of rotatable bonds is 5. The third kappa shape index (κ3) is 5.05. The Morgan fingerprint density at radius 1 is 1.19 bits per heavy atom. The molecule has 2 aromatic rings. The van der Waals surface area contributed by atoms with Gasteiger partial charge >= 0.3 is 12.0 Å². The summed E-state index contributed by atoms with van der Waals surface area (Å²) >= 11 is 0. The number of benzene rings is 1. The minimum absolute atomic E-state index is 0.0361. The number of hydrogen-bond donors (Lipinski definition) is 1. The zero-order chi connectivity index (χ0) is 22.5. The summed E-state index contributed by atoms with van der Waals surface area (Å²) in [7, 11) is 1.28. The highest BCUT2D eigenvalue weighted by atomic mass is 16.6. The van der Waals surface area contributed by atoms with E-state index < -0.39 is 10.9 Å². The predicted octanol–water partition coefficient (Wildman–Crippen LogP) is 2.55. The van der Waals surface area contributed by atoms with Gasteiger partial charge in [0.1, 0.15) is 5.82 Å². The number of anilines is 2. The van der Waals surface area contributed by atoms with Crippen LogP contribution in [0.3, 0.4) is 0 Å². The third-order valence-electron chi connectivity index (χ3n) is 5.14. The number of nitrogens with zero attached hydrogens (tertiary/aromatic N) is 5. The van der Waals surface area contributed by atoms with Crippen molar-refractivity contribution in [2.45, 2.75) is 19.9 Å². The average molecular weight is 428 g/mol. The highest BCUT2D eigenvalue weighted by Gasteiger charge is 2.33. The van der Waals surface area contributed by atoms with Crippen molar-refractivity contribution in [3.05, 3.63) is 52.5 Å². The number of piperazine rings is 1. The van der Waals surface area contributed by atoms with Crippen LogP contribution >= 0.6 is 0 Å². The first-order chi connectivity index (χ1) is 14.8. The monoisotopic (exact) mass is 428 g/mol. The van der Waals surface area contributed by atoms with Gasteiger partial charge in [-0.2, -0.15) is 0 Å². The third-order valence-corrected chi connectivity index (χ3v) is 5.14. The van der Waals surface area contributed by atoms with Crippen LogP contribution in [0.4, 0.5) is 22.0 Å². The number of nitrogens with one attached hydrogen (secondary N) is 1. The van der Waals surface area contributed by atoms with Crippen LogP contribution < -0.4 is 10.2 Å². The molecule has 0 spiro atoms. The highest BCUT2D eigenvalue weighted by Crippen LogP contribution is 2.23. The number of non-ortho nitro benzene ring substituents is 1. The molecule has 0 radical (unpaired) electrons. The normalized spacial score (nSPS) is 16.2. The molecule has 0 saturated carbocycles. The highest BCUT2D eigenvalue weighted by molar-refractivity contribution is 5.90. The van der Waals surface area contributed by atoms with E-state index in [0.717, 1.165) is 0 Å². The number of aromatic nitrogens is 2. The Balaban J connectivity index is 1.68. The van der Waals surface area contributed by atoms with Gasteiger partial charge in [0.25, 0.3) is 5.69 Å². The van der Waals surface area contributed by atoms with Gasteiger partial charge in [0.2, 0.25) is 0 Å². The molecule has 1 N–H and O–H groups in total. The second-order valence-electron chi connectivity index (χ2n) is 7.44. The summed E-state index contributed by atoms with van der Waals surface area (Å²) < 4.78 is 4.64. The quantitative estimate of drug-likeness (QED) is 0.437. The molecule has 3 rings (SSSR count). The lowest BCUT2D eigenvalue weighted by molar-refractivity contribution is -0.384. The molecule has 31 heavy (non-hydrogen) atoms. The first-order valence-corrected chi connectivity index (χ1v) is 9.77. The van der Waals surface area contributed by atoms with Gasteiger partial charge in [-0.25, -0.2) is 19.6 Å². The van der Waals surface area contributed by atoms with Crippen molar-refractivity contribution in [2.24, 2.45) is 5.92 Å². The summed E-state index contributed by atoms with van der Waals surface area (Å²) in [5.74, 6) is 0.244. The average Bonchev–Trinajstić information content (AvgIpc) is 2.78. The molecule has 11 nitrogen and oxygen atoms in total. The van der Waals surface area contributed by atoms with E-state index in [2.05, 4.69) is 20.0 Å². The van der Waals surface area contributed by atoms with Crippen molar-refractivity contribution in [3.8, 4) is 0 Å². The Kier molecular flexibility index (Phi) is 6.63. The first kappa shape index (κ1) is 21.9. The van der Waals surface area contributed by atoms with Gasteiger partial charge in [0.05, 0.1) is 30.5 Å². The van der Waals surface area contributed by atoms with Crippen LogP contribution in [-0.4, -0.2) is 64.6 Å². The van der Waals surface area contributed by atoms with E-state index in [9.17, 15) is 19.7 Å². The molecule has 11 heteroatoms. The lowest BCUT2D eigenvalue weighted by Gasteiger charge is -2.43. The molecule has 1 aliphatic rings. The van der Waals surface area contributed by atoms with Crippen LogP contribution in [0.15, 0.2) is 36.7 Å². The molecule has 0 aliphatic carbocycles. The van der Waals surface area contributed by atoms with Crippen molar-refractivity contribution in [1.82, 2.24) is 14.9 Å². The second-order valence-corrected chi connectivity index (χ2v) is 7.44. The maximum absolute atomic E-state index is 12.9. The van der Waals surface area contributed by atoms with Gasteiger partial charge in [-0.1, -0.05) is 13.8 Å². The SMILES string of the molecule is COC(=O)c1cnc(N2CCN(C(=O)Nc3ccc([N+](=O)[O-])cc3)C(C(C)C)C2)cn1. The van der Waals surface area contributed by atoms with Crippen molar-refractivity contribution in [3.63, 3.8) is 0 Å². The Morgan fingerprint density at radius 2 is 1.90 bits per heavy atom. The Hall–Kier alpha value is -3.76. The van der Waals surface area contributed by atoms with Gasteiger partial charge in [-0.15, -0.1) is 0 Å². The van der Waals surface area contributed by atoms with Gasteiger partial charge in [-0.3, -0.25) is 10.1 Å². The van der Waals surface area contributed by atoms with Gasteiger partial charge in [-0.05, 0) is 18.1 Å². The fourth-order valence-corrected chi connectivity index (χ4v) is 3.40. The minimum atomic E-state index is -0.549. The van der Waals surface area contributed by atoms with Gasteiger partial charge in [0, 0.05) is 37.5 Å². The molecule has 1 aromatic carbocycles. The van der Waals surface area contributed by atoms with Crippen molar-refractivity contribution >= 4 is 29.2 Å². The van der Waals surface area contributed by atoms with Crippen molar-refractivity contribution in [2.75, 3.05) is 37.0 Å². The summed E-state index contributed by atoms with van der Waals surface area (Å²) in [6.45, 7) is 5.63. The van der Waals surface area contributed by atoms with Crippen LogP contribution in [-0.2, 0) is 4.74 Å². The summed E-state index contributed by atoms with van der Waals surface area (Å²) in [6, 6.07) is 5.37. The maximum atomic E-state index is 12.9. The molecule has 1 unspecified atom stereocenters. The summed E-state index contributed by atoms with van der Waals surface area (Å²) in [6.07, 6.45) is 2.90. The lowest BCUT2D eigenvalue weighted by Crippen LogP contribution is -2.58. The summed E-state index contributed by atoms with van der Waals surface area (Å²) in [5.41, 5.74) is 0.587. The second kappa shape index (κ2) is 9.37. The van der Waals surface area contributed by atoms with E-state index in [-0.39, 0.29) is 29.4 Å². The topological polar surface area (TPSA) is 131 Å². The molecule has 0 bridgehead atoms. The number of hydrogen-bond acceptors (Lipinski definition) is 8. The molecule has 2 heterocycles. The fraction of sp³-hybridized carbons (Fsp3) is 0.400. The molecule has 2 amide bonds. The Morgan fingerprint density at radius 3 is 2.45 bits per heavy atom. The molecule has 1 fully saturated rings. The van der Waals surface area contributed by atoms with Gasteiger partial charge in [0.15, 0.2) is 5.69 Å². The lowest BCUT2D eigenvalue weighted by atomic mass is 10.00. The van der Waals surface area contributed by atoms with E-state index in [4.69, 9.17) is 0 Å². The van der Waals surface area contributed by atoms with E-state index in [0.29, 0.717) is 31.1 Å². The summed E-state index contributed by atoms with van der Waals surface area (Å²) in [5, 5.41) is 13.6. The number of urea groups is 1. The number of carbonyl (C=O) groups excluding carboxylic acids is 2. The number of ether oxygens (including phenoxy) is 1. The Bertz CT molecular complexity index is 948. The zero-order valence-electron chi connectivity index (χ0n) is 17.5. The molecule has 164 valence electrons. The zero-order valence-corrected chi connectivity index (χ0v) is 17.5. The molecule has 1 aromatic heterocycles. The fourth-order valence-electron chi connectivity index (χ4n) is 3.40. The largest absolute Gasteiger partial charge is 0.464 e. The van der Waals surface area contributed by atoms with Gasteiger partial charge < -0.3 is 19.9 Å². The molecule has 1 saturated heterocycles. The van der Waals surface area contributed by atoms with E-state index >= 15 is 0 Å². The number of nitro benzene ring substituents is 1. The van der Waals surface area contributed by atoms with E-state index in [1.807, 2.05) is 18.7 Å². The number of esters is 1. The van der Waals surface area contributed by atoms with Crippen molar-refractivity contribution < 1.29 is 19.2 Å². The summed E-state index contributed by atoms with van der Waals surface area (Å²) in [4.78, 5) is 46.9.